The van der Waals surface area contributed by atoms with E-state index in [1.807, 2.05) is 0 Å². The van der Waals surface area contributed by atoms with E-state index in [4.69, 9.17) is 4.74 Å². The number of benzene rings is 2. The lowest BCUT2D eigenvalue weighted by Crippen LogP contribution is -2.17. The maximum atomic E-state index is 12.5. The zero-order valence-electron chi connectivity index (χ0n) is 13.6. The van der Waals surface area contributed by atoms with Gasteiger partial charge in [0.25, 0.3) is 10.0 Å². The quantitative estimate of drug-likeness (QED) is 0.858. The highest BCUT2D eigenvalue weighted by atomic mass is 32.2. The molecule has 0 atom stereocenters. The Morgan fingerprint density at radius 3 is 2.12 bits per heavy atom. The molecule has 0 saturated carbocycles. The second kappa shape index (κ2) is 6.83. The Balaban J connectivity index is 2.26. The van der Waals surface area contributed by atoms with E-state index in [9.17, 15) is 21.6 Å². The number of anilines is 1. The van der Waals surface area contributed by atoms with Crippen LogP contribution in [0.25, 0.3) is 0 Å². The number of hydrogen-bond acceptors (Lipinski definition) is 4. The molecule has 0 fully saturated rings. The first-order valence-corrected chi connectivity index (χ1v) is 8.54. The largest absolute Gasteiger partial charge is 0.573 e. The molecular weight excluding hydrogens is 359 g/mol. The molecule has 0 spiro atoms. The van der Waals surface area contributed by atoms with Gasteiger partial charge in [-0.1, -0.05) is 0 Å². The van der Waals surface area contributed by atoms with Gasteiger partial charge in [0.15, 0.2) is 0 Å². The first-order chi connectivity index (χ1) is 11.5. The third kappa shape index (κ3) is 4.79. The molecule has 0 saturated heterocycles. The first-order valence-electron chi connectivity index (χ1n) is 7.06. The maximum absolute atomic E-state index is 12.5. The molecule has 2 aromatic carbocycles. The van der Waals surface area contributed by atoms with E-state index in [-0.39, 0.29) is 10.6 Å². The van der Waals surface area contributed by atoms with E-state index in [0.29, 0.717) is 16.9 Å². The van der Waals surface area contributed by atoms with Gasteiger partial charge in [0, 0.05) is 5.69 Å². The summed E-state index contributed by atoms with van der Waals surface area (Å²) in [6, 6.07) is 7.49. The molecule has 25 heavy (non-hydrogen) atoms. The van der Waals surface area contributed by atoms with Crippen LogP contribution in [-0.2, 0) is 10.0 Å². The molecule has 0 aliphatic rings. The third-order valence-electron chi connectivity index (χ3n) is 3.32. The molecule has 0 radical (unpaired) electrons. The third-order valence-corrected chi connectivity index (χ3v) is 4.85. The Kier molecular flexibility index (Phi) is 5.17. The van der Waals surface area contributed by atoms with Crippen molar-refractivity contribution in [2.75, 3.05) is 11.8 Å². The van der Waals surface area contributed by atoms with Gasteiger partial charge in [-0.2, -0.15) is 0 Å². The summed E-state index contributed by atoms with van der Waals surface area (Å²) in [5.74, 6) is 0.122. The van der Waals surface area contributed by atoms with E-state index in [1.54, 1.807) is 19.9 Å². The van der Waals surface area contributed by atoms with Crippen molar-refractivity contribution < 1.29 is 31.1 Å². The lowest BCUT2D eigenvalue weighted by molar-refractivity contribution is -0.274. The second-order valence-corrected chi connectivity index (χ2v) is 6.92. The second-order valence-electron chi connectivity index (χ2n) is 5.27. The van der Waals surface area contributed by atoms with Crippen molar-refractivity contribution in [1.29, 1.82) is 0 Å². The number of methoxy groups -OCH3 is 1. The van der Waals surface area contributed by atoms with E-state index < -0.39 is 22.1 Å². The van der Waals surface area contributed by atoms with Gasteiger partial charge in [-0.25, -0.2) is 8.42 Å². The molecule has 2 aromatic rings. The van der Waals surface area contributed by atoms with Gasteiger partial charge in [0.2, 0.25) is 0 Å². The molecule has 1 N–H and O–H groups in total. The summed E-state index contributed by atoms with van der Waals surface area (Å²) in [5.41, 5.74) is 1.23. The average molecular weight is 375 g/mol. The topological polar surface area (TPSA) is 64.6 Å². The van der Waals surface area contributed by atoms with Gasteiger partial charge in [0.05, 0.1) is 12.0 Å². The van der Waals surface area contributed by atoms with Crippen molar-refractivity contribution in [3.8, 4) is 11.5 Å². The molecule has 5 nitrogen and oxygen atoms in total. The lowest BCUT2D eigenvalue weighted by atomic mass is 10.1. The van der Waals surface area contributed by atoms with Crippen LogP contribution in [-0.4, -0.2) is 21.9 Å². The van der Waals surface area contributed by atoms with E-state index in [0.717, 1.165) is 12.1 Å². The van der Waals surface area contributed by atoms with Crippen LogP contribution < -0.4 is 14.2 Å². The maximum Gasteiger partial charge on any atom is 0.573 e. The Morgan fingerprint density at radius 2 is 1.60 bits per heavy atom. The minimum absolute atomic E-state index is 0.0569. The summed E-state index contributed by atoms with van der Waals surface area (Å²) in [5, 5.41) is 0. The van der Waals surface area contributed by atoms with Crippen LogP contribution in [0, 0.1) is 13.8 Å². The van der Waals surface area contributed by atoms with Crippen molar-refractivity contribution in [3.05, 3.63) is 47.5 Å². The molecule has 0 aliphatic carbocycles. The number of nitrogens with one attached hydrogen (secondary N) is 1. The zero-order chi connectivity index (χ0) is 18.8. The Hall–Kier alpha value is -2.42. The van der Waals surface area contributed by atoms with Crippen LogP contribution in [0.5, 0.6) is 11.5 Å². The molecule has 0 amide bonds. The molecule has 2 rings (SSSR count). The molecular formula is C16H16F3NO4S. The van der Waals surface area contributed by atoms with Crippen LogP contribution in [0.2, 0.25) is 0 Å². The number of rotatable bonds is 5. The van der Waals surface area contributed by atoms with E-state index in [2.05, 4.69) is 9.46 Å². The van der Waals surface area contributed by atoms with Crippen molar-refractivity contribution in [1.82, 2.24) is 0 Å². The lowest BCUT2D eigenvalue weighted by Gasteiger charge is -2.14. The number of ether oxygens (including phenoxy) is 2. The number of halogens is 3. The minimum atomic E-state index is -4.81. The van der Waals surface area contributed by atoms with E-state index in [1.165, 1.54) is 25.3 Å². The highest BCUT2D eigenvalue weighted by Crippen LogP contribution is 2.28. The van der Waals surface area contributed by atoms with Crippen LogP contribution in [0.15, 0.2) is 41.3 Å². The van der Waals surface area contributed by atoms with Crippen molar-refractivity contribution >= 4 is 15.7 Å². The van der Waals surface area contributed by atoms with Crippen molar-refractivity contribution in [2.24, 2.45) is 0 Å². The molecule has 0 unspecified atom stereocenters. The molecule has 0 aromatic heterocycles. The summed E-state index contributed by atoms with van der Waals surface area (Å²) in [7, 11) is -2.42. The molecule has 9 heteroatoms. The summed E-state index contributed by atoms with van der Waals surface area (Å²) in [6.45, 7) is 3.33. The average Bonchev–Trinajstić information content (AvgIpc) is 2.49. The van der Waals surface area contributed by atoms with Crippen molar-refractivity contribution in [2.45, 2.75) is 25.1 Å². The van der Waals surface area contributed by atoms with Gasteiger partial charge in [-0.3, -0.25) is 4.72 Å². The molecule has 136 valence electrons. The summed E-state index contributed by atoms with van der Waals surface area (Å²) in [6.07, 6.45) is -4.81. The van der Waals surface area contributed by atoms with E-state index >= 15 is 0 Å². The highest BCUT2D eigenvalue weighted by Gasteiger charge is 2.31. The minimum Gasteiger partial charge on any atom is -0.496 e. The standard InChI is InChI=1S/C16H16F3NO4S/c1-10-9-15(11(2)8-14(10)23-3)25(21,22)20-12-4-6-13(7-5-12)24-16(17,18)19/h4-9,20H,1-3H3. The summed E-state index contributed by atoms with van der Waals surface area (Å²) in [4.78, 5) is 0.0569. The smallest absolute Gasteiger partial charge is 0.496 e. The fourth-order valence-corrected chi connectivity index (χ4v) is 3.58. The summed E-state index contributed by atoms with van der Waals surface area (Å²) >= 11 is 0. The normalized spacial score (nSPS) is 11.9. The van der Waals surface area contributed by atoms with Gasteiger partial charge < -0.3 is 9.47 Å². The number of alkyl halides is 3. The molecule has 0 bridgehead atoms. The fraction of sp³-hybridized carbons (Fsp3) is 0.250. The fourth-order valence-electron chi connectivity index (χ4n) is 2.21. The van der Waals surface area contributed by atoms with Crippen LogP contribution in [0.4, 0.5) is 18.9 Å². The molecule has 0 heterocycles. The van der Waals surface area contributed by atoms with Gasteiger partial charge >= 0.3 is 6.36 Å². The van der Waals surface area contributed by atoms with Gasteiger partial charge in [-0.15, -0.1) is 13.2 Å². The Morgan fingerprint density at radius 1 is 1.00 bits per heavy atom. The predicted molar refractivity (Wildman–Crippen MR) is 86.4 cm³/mol. The van der Waals surface area contributed by atoms with Gasteiger partial charge in [-0.05, 0) is 61.4 Å². The van der Waals surface area contributed by atoms with Crippen LogP contribution in [0.3, 0.4) is 0 Å². The number of hydrogen-bond donors (Lipinski definition) is 1. The first kappa shape index (κ1) is 18.9. The summed E-state index contributed by atoms with van der Waals surface area (Å²) < 4.78 is 72.7. The predicted octanol–water partition coefficient (Wildman–Crippen LogP) is 4.01. The van der Waals surface area contributed by atoms with Crippen molar-refractivity contribution in [3.63, 3.8) is 0 Å². The number of sulfonamides is 1. The molecule has 0 aliphatic heterocycles. The Bertz CT molecular complexity index is 862. The number of aryl methyl sites for hydroxylation is 2. The highest BCUT2D eigenvalue weighted by molar-refractivity contribution is 7.92. The van der Waals surface area contributed by atoms with Gasteiger partial charge in [0.1, 0.15) is 11.5 Å². The monoisotopic (exact) mass is 375 g/mol. The Labute approximate surface area is 143 Å². The SMILES string of the molecule is COc1cc(C)c(S(=O)(=O)Nc2ccc(OC(F)(F)F)cc2)cc1C. The van der Waals surface area contributed by atoms with Crippen LogP contribution >= 0.6 is 0 Å². The van der Waals surface area contributed by atoms with Crippen LogP contribution in [0.1, 0.15) is 11.1 Å². The zero-order valence-corrected chi connectivity index (χ0v) is 14.5.